The molecule has 0 aromatic carbocycles. The highest BCUT2D eigenvalue weighted by molar-refractivity contribution is 5.35. The monoisotopic (exact) mass is 434 g/mol. The predicted molar refractivity (Wildman–Crippen MR) is 140 cm³/mol. The average Bonchev–Trinajstić information content (AvgIpc) is 2.85. The average molecular weight is 435 g/mol. The number of nitrogens with two attached hydrogens (primary N) is 2. The molecule has 2 atom stereocenters. The van der Waals surface area contributed by atoms with Gasteiger partial charge in [-0.05, 0) is 106 Å². The summed E-state index contributed by atoms with van der Waals surface area (Å²) in [4.78, 5) is 0. The summed E-state index contributed by atoms with van der Waals surface area (Å²) in [6.07, 6.45) is 31.3. The van der Waals surface area contributed by atoms with Crippen LogP contribution in [0.25, 0.3) is 0 Å². The lowest BCUT2D eigenvalue weighted by molar-refractivity contribution is 0.278. The van der Waals surface area contributed by atoms with Crippen molar-refractivity contribution >= 4 is 0 Å². The van der Waals surface area contributed by atoms with Gasteiger partial charge in [-0.2, -0.15) is 0 Å². The van der Waals surface area contributed by atoms with Crippen LogP contribution >= 0.6 is 0 Å². The van der Waals surface area contributed by atoms with Gasteiger partial charge < -0.3 is 11.5 Å². The molecule has 0 amide bonds. The standard InChI is InChI=1S/C30H46N2/c1-3-5-6-11-25-19-20-29(30-14-8-7-13-28(25)30)26-17-15-24(16-18-26)27(22-32)12-9-10-23(4-2)21-31/h4-6,8-10,12,14,24-26,28H,3,7,11,13,15-22,31-32H2,1-2H3/b6-5-,10-9+,23-4-,27-12+. The SMILES string of the molecule is C/C=C(/C=C/C=C(\CN)C1CCC(C2=C3C=CCCC3C(C/C=C\CC)CC2)CC1)CN. The Kier molecular flexibility index (Phi) is 10.3. The zero-order valence-electron chi connectivity index (χ0n) is 20.6. The van der Waals surface area contributed by atoms with Crippen molar-refractivity contribution < 1.29 is 0 Å². The van der Waals surface area contributed by atoms with Crippen molar-refractivity contribution in [2.24, 2.45) is 35.1 Å². The first-order chi connectivity index (χ1) is 15.7. The minimum absolute atomic E-state index is 0.590. The van der Waals surface area contributed by atoms with Crippen molar-refractivity contribution in [1.82, 2.24) is 0 Å². The van der Waals surface area contributed by atoms with Crippen LogP contribution in [0.5, 0.6) is 0 Å². The summed E-state index contributed by atoms with van der Waals surface area (Å²) in [7, 11) is 0. The van der Waals surface area contributed by atoms with E-state index < -0.39 is 0 Å². The highest BCUT2D eigenvalue weighted by Gasteiger charge is 2.34. The van der Waals surface area contributed by atoms with E-state index in [0.717, 1.165) is 24.2 Å². The molecular weight excluding hydrogens is 388 g/mol. The molecule has 0 heterocycles. The Bertz CT molecular complexity index is 769. The molecule has 32 heavy (non-hydrogen) atoms. The summed E-state index contributed by atoms with van der Waals surface area (Å²) in [5.74, 6) is 3.09. The predicted octanol–water partition coefficient (Wildman–Crippen LogP) is 7.17. The maximum Gasteiger partial charge on any atom is 0.0174 e. The summed E-state index contributed by atoms with van der Waals surface area (Å²) >= 11 is 0. The van der Waals surface area contributed by atoms with Crippen molar-refractivity contribution in [3.05, 3.63) is 70.9 Å². The van der Waals surface area contributed by atoms with Crippen molar-refractivity contribution in [2.45, 2.75) is 78.1 Å². The van der Waals surface area contributed by atoms with E-state index in [1.807, 2.05) is 12.5 Å². The molecule has 1 saturated carbocycles. The summed E-state index contributed by atoms with van der Waals surface area (Å²) in [6.45, 7) is 5.53. The molecule has 0 saturated heterocycles. The number of allylic oxidation sites excluding steroid dienone is 9. The minimum Gasteiger partial charge on any atom is -0.327 e. The molecule has 176 valence electrons. The second-order valence-corrected chi connectivity index (χ2v) is 9.90. The van der Waals surface area contributed by atoms with Gasteiger partial charge in [0.05, 0.1) is 0 Å². The van der Waals surface area contributed by atoms with Crippen LogP contribution in [0.2, 0.25) is 0 Å². The van der Waals surface area contributed by atoms with Crippen LogP contribution in [0.15, 0.2) is 70.9 Å². The lowest BCUT2D eigenvalue weighted by Crippen LogP contribution is -2.28. The van der Waals surface area contributed by atoms with Gasteiger partial charge in [0.1, 0.15) is 0 Å². The van der Waals surface area contributed by atoms with Crippen LogP contribution < -0.4 is 11.5 Å². The fourth-order valence-corrected chi connectivity index (χ4v) is 6.21. The second kappa shape index (κ2) is 13.2. The third-order valence-corrected chi connectivity index (χ3v) is 8.11. The Balaban J connectivity index is 1.65. The molecule has 2 nitrogen and oxygen atoms in total. The lowest BCUT2D eigenvalue weighted by Gasteiger charge is -2.40. The number of hydrogen-bond donors (Lipinski definition) is 2. The van der Waals surface area contributed by atoms with Crippen molar-refractivity contribution in [3.8, 4) is 0 Å². The first-order valence-corrected chi connectivity index (χ1v) is 13.2. The van der Waals surface area contributed by atoms with Gasteiger partial charge >= 0.3 is 0 Å². The molecule has 2 unspecified atom stereocenters. The zero-order valence-corrected chi connectivity index (χ0v) is 20.6. The zero-order chi connectivity index (χ0) is 22.8. The van der Waals surface area contributed by atoms with Crippen molar-refractivity contribution in [2.75, 3.05) is 13.1 Å². The molecule has 3 aliphatic carbocycles. The lowest BCUT2D eigenvalue weighted by atomic mass is 9.65. The van der Waals surface area contributed by atoms with Crippen LogP contribution in [-0.2, 0) is 0 Å². The molecule has 0 radical (unpaired) electrons. The first-order valence-electron chi connectivity index (χ1n) is 13.2. The van der Waals surface area contributed by atoms with Crippen molar-refractivity contribution in [3.63, 3.8) is 0 Å². The molecule has 0 aromatic rings. The van der Waals surface area contributed by atoms with Gasteiger partial charge in [0.25, 0.3) is 0 Å². The van der Waals surface area contributed by atoms with Crippen molar-refractivity contribution in [1.29, 1.82) is 0 Å². The fourth-order valence-electron chi connectivity index (χ4n) is 6.21. The van der Waals surface area contributed by atoms with E-state index in [1.165, 1.54) is 68.9 Å². The summed E-state index contributed by atoms with van der Waals surface area (Å²) in [5, 5.41) is 0. The van der Waals surface area contributed by atoms with E-state index in [-0.39, 0.29) is 0 Å². The Labute approximate surface area is 197 Å². The summed E-state index contributed by atoms with van der Waals surface area (Å²) in [6, 6.07) is 0. The Morgan fingerprint density at radius 2 is 1.84 bits per heavy atom. The highest BCUT2D eigenvalue weighted by Crippen LogP contribution is 2.48. The molecule has 0 bridgehead atoms. The van der Waals surface area contributed by atoms with Gasteiger partial charge in [-0.25, -0.2) is 0 Å². The number of hydrogen-bond acceptors (Lipinski definition) is 2. The van der Waals surface area contributed by atoms with Gasteiger partial charge in [-0.3, -0.25) is 0 Å². The van der Waals surface area contributed by atoms with Crippen LogP contribution in [0, 0.1) is 23.7 Å². The fraction of sp³-hybridized carbons (Fsp3) is 0.600. The van der Waals surface area contributed by atoms with Gasteiger partial charge in [-0.15, -0.1) is 0 Å². The quantitative estimate of drug-likeness (QED) is 0.298. The Morgan fingerprint density at radius 3 is 2.53 bits per heavy atom. The maximum atomic E-state index is 6.15. The molecule has 0 spiro atoms. The van der Waals surface area contributed by atoms with E-state index in [0.29, 0.717) is 19.0 Å². The van der Waals surface area contributed by atoms with Crippen LogP contribution in [0.1, 0.15) is 78.1 Å². The van der Waals surface area contributed by atoms with Gasteiger partial charge in [0.2, 0.25) is 0 Å². The smallest absolute Gasteiger partial charge is 0.0174 e. The molecule has 3 aliphatic rings. The van der Waals surface area contributed by atoms with Gasteiger partial charge in [0, 0.05) is 13.1 Å². The molecule has 2 heteroatoms. The number of fused-ring (bicyclic) bond motifs is 1. The van der Waals surface area contributed by atoms with E-state index in [2.05, 4.69) is 55.5 Å². The Hall–Kier alpha value is -1.64. The van der Waals surface area contributed by atoms with Crippen LogP contribution in [-0.4, -0.2) is 13.1 Å². The van der Waals surface area contributed by atoms with Crippen LogP contribution in [0.3, 0.4) is 0 Å². The summed E-state index contributed by atoms with van der Waals surface area (Å²) in [5.41, 5.74) is 18.1. The topological polar surface area (TPSA) is 52.0 Å². The normalized spacial score (nSPS) is 29.9. The van der Waals surface area contributed by atoms with E-state index in [9.17, 15) is 0 Å². The van der Waals surface area contributed by atoms with E-state index >= 15 is 0 Å². The minimum atomic E-state index is 0.590. The molecule has 0 aliphatic heterocycles. The third-order valence-electron chi connectivity index (χ3n) is 8.11. The highest BCUT2D eigenvalue weighted by atomic mass is 14.5. The summed E-state index contributed by atoms with van der Waals surface area (Å²) < 4.78 is 0. The third kappa shape index (κ3) is 6.45. The second-order valence-electron chi connectivity index (χ2n) is 9.90. The van der Waals surface area contributed by atoms with Crippen LogP contribution in [0.4, 0.5) is 0 Å². The Morgan fingerprint density at radius 1 is 1.03 bits per heavy atom. The van der Waals surface area contributed by atoms with E-state index in [4.69, 9.17) is 11.5 Å². The van der Waals surface area contributed by atoms with Gasteiger partial charge in [0.15, 0.2) is 0 Å². The van der Waals surface area contributed by atoms with Gasteiger partial charge in [-0.1, -0.05) is 66.7 Å². The molecule has 0 aromatic heterocycles. The maximum absolute atomic E-state index is 6.15. The molecular formula is C30H46N2. The number of rotatable bonds is 9. The molecule has 3 rings (SSSR count). The first kappa shape index (κ1) is 25.0. The largest absolute Gasteiger partial charge is 0.327 e. The van der Waals surface area contributed by atoms with E-state index in [1.54, 1.807) is 5.57 Å². The molecule has 4 N–H and O–H groups in total. The molecule has 1 fully saturated rings.